The van der Waals surface area contributed by atoms with Gasteiger partial charge in [-0.3, -0.25) is 0 Å². The van der Waals surface area contributed by atoms with Gasteiger partial charge < -0.3 is 88.6 Å². The highest BCUT2D eigenvalue weighted by atomic mass is 16.8. The van der Waals surface area contributed by atoms with Crippen molar-refractivity contribution in [3.05, 3.63) is 11.6 Å². The van der Waals surface area contributed by atoms with Crippen LogP contribution in [0.3, 0.4) is 0 Å². The van der Waals surface area contributed by atoms with Gasteiger partial charge in [0.05, 0.1) is 48.1 Å². The van der Waals surface area contributed by atoms with Gasteiger partial charge in [0.15, 0.2) is 18.9 Å². The van der Waals surface area contributed by atoms with E-state index in [-0.39, 0.29) is 43.2 Å². The van der Waals surface area contributed by atoms with Crippen molar-refractivity contribution in [3.63, 3.8) is 0 Å². The van der Waals surface area contributed by atoms with Gasteiger partial charge in [0, 0.05) is 31.4 Å². The Kier molecular flexibility index (Phi) is 12.9. The second-order valence-electron chi connectivity index (χ2n) is 19.1. The highest BCUT2D eigenvalue weighted by Gasteiger charge is 2.71. The Labute approximate surface area is 353 Å². The highest BCUT2D eigenvalue weighted by Crippen LogP contribution is 2.70. The highest BCUT2D eigenvalue weighted by molar-refractivity contribution is 5.85. The first-order valence-electron chi connectivity index (χ1n) is 21.8. The molecule has 0 radical (unpaired) electrons. The molecular formula is C42H64O19. The largest absolute Gasteiger partial charge is 0.458 e. The summed E-state index contributed by atoms with van der Waals surface area (Å²) in [6.45, 7) is 2.62. The molecule has 3 saturated heterocycles. The molecule has 22 atom stereocenters. The number of fused-ring (bicyclic) bond motifs is 5. The van der Waals surface area contributed by atoms with Gasteiger partial charge in [-0.2, -0.15) is 0 Å². The number of carbonyl (C=O) groups excluding carboxylic acids is 2. The summed E-state index contributed by atoms with van der Waals surface area (Å²) in [5.74, 6) is -0.767. The molecular weight excluding hydrogens is 808 g/mol. The van der Waals surface area contributed by atoms with Crippen molar-refractivity contribution in [3.8, 4) is 0 Å². The molecule has 4 aliphatic carbocycles. The molecule has 19 nitrogen and oxygen atoms in total. The fourth-order valence-corrected chi connectivity index (χ4v) is 13.0. The summed E-state index contributed by atoms with van der Waals surface area (Å²) in [5.41, 5.74) is -3.06. The number of carbonyl (C=O) groups is 2. The first kappa shape index (κ1) is 45.8. The molecule has 19 heteroatoms. The topological polar surface area (TPSA) is 290 Å². The Morgan fingerprint density at radius 1 is 0.787 bits per heavy atom. The van der Waals surface area contributed by atoms with Crippen LogP contribution in [0.2, 0.25) is 0 Å². The molecule has 0 aromatic heterocycles. The van der Waals surface area contributed by atoms with E-state index in [9.17, 15) is 55.5 Å². The minimum atomic E-state index is -1.80. The second kappa shape index (κ2) is 17.2. The first-order valence-corrected chi connectivity index (χ1v) is 21.8. The van der Waals surface area contributed by atoms with Crippen molar-refractivity contribution in [1.82, 2.24) is 0 Å². The Morgan fingerprint density at radius 2 is 1.46 bits per heavy atom. The lowest BCUT2D eigenvalue weighted by atomic mass is 9.41. The SMILES string of the molecule is CO[C@H]1C[C@H](O[C@H]2CC[C@]3(C=O)[C@H]4CC[C@]5(C)[C@@H](C6=CC(=O)OC6)CC[C@]5(O)[C@@H]4CC[C@]3(O)C2)O[C@H](C)[C@H]1O[C@H]1O[C@@H](CO)[C@H](O[C@@H]2O[C@H](CO)[C@@H](O)[C@H](O)[C@H]2O)[C@@H](O)[C@@H]1O. The van der Waals surface area contributed by atoms with E-state index in [1.165, 1.54) is 7.11 Å². The Hall–Kier alpha value is -1.76. The molecule has 346 valence electrons. The van der Waals surface area contributed by atoms with Crippen LogP contribution in [0.25, 0.3) is 0 Å². The van der Waals surface area contributed by atoms with Crippen LogP contribution in [-0.2, 0) is 47.5 Å². The number of hydrogen-bond donors (Lipinski definition) is 9. The van der Waals surface area contributed by atoms with Crippen LogP contribution >= 0.6 is 0 Å². The smallest absolute Gasteiger partial charge is 0.331 e. The molecule has 8 rings (SSSR count). The Morgan fingerprint density at radius 3 is 2.11 bits per heavy atom. The lowest BCUT2D eigenvalue weighted by Gasteiger charge is -2.65. The van der Waals surface area contributed by atoms with Gasteiger partial charge in [0.1, 0.15) is 67.8 Å². The van der Waals surface area contributed by atoms with E-state index in [2.05, 4.69) is 6.92 Å². The van der Waals surface area contributed by atoms with Gasteiger partial charge in [-0.15, -0.1) is 0 Å². The third kappa shape index (κ3) is 7.45. The molecule has 0 aromatic rings. The van der Waals surface area contributed by atoms with E-state index in [0.717, 1.165) is 18.3 Å². The monoisotopic (exact) mass is 872 g/mol. The van der Waals surface area contributed by atoms with Gasteiger partial charge in [-0.25, -0.2) is 4.79 Å². The van der Waals surface area contributed by atoms with E-state index in [1.54, 1.807) is 13.0 Å². The van der Waals surface area contributed by atoms with Gasteiger partial charge in [-0.05, 0) is 81.6 Å². The third-order valence-corrected chi connectivity index (χ3v) is 16.3. The summed E-state index contributed by atoms with van der Waals surface area (Å²) >= 11 is 0. The summed E-state index contributed by atoms with van der Waals surface area (Å²) in [6, 6.07) is 0. The van der Waals surface area contributed by atoms with Crippen molar-refractivity contribution >= 4 is 12.3 Å². The van der Waals surface area contributed by atoms with Crippen LogP contribution in [-0.4, -0.2) is 188 Å². The molecule has 61 heavy (non-hydrogen) atoms. The Balaban J connectivity index is 0.889. The molecule has 4 aliphatic heterocycles. The summed E-state index contributed by atoms with van der Waals surface area (Å²) in [4.78, 5) is 25.3. The molecule has 4 saturated carbocycles. The molecule has 0 aromatic carbocycles. The molecule has 0 amide bonds. The molecule has 0 bridgehead atoms. The molecule has 0 spiro atoms. The zero-order valence-corrected chi connectivity index (χ0v) is 34.8. The van der Waals surface area contributed by atoms with Gasteiger partial charge in [0.25, 0.3) is 0 Å². The summed E-state index contributed by atoms with van der Waals surface area (Å²) in [6.07, 6.45) is -12.4. The van der Waals surface area contributed by atoms with Crippen LogP contribution in [0.4, 0.5) is 0 Å². The lowest BCUT2D eigenvalue weighted by molar-refractivity contribution is -0.373. The van der Waals surface area contributed by atoms with Gasteiger partial charge in [0.2, 0.25) is 0 Å². The fraction of sp³-hybridized carbons (Fsp3) is 0.905. The van der Waals surface area contributed by atoms with E-state index in [4.69, 9.17) is 37.9 Å². The first-order chi connectivity index (χ1) is 29.0. The number of aliphatic hydroxyl groups is 9. The number of aliphatic hydroxyl groups excluding tert-OH is 7. The number of aldehydes is 1. The number of ether oxygens (including phenoxy) is 8. The van der Waals surface area contributed by atoms with Gasteiger partial charge >= 0.3 is 5.97 Å². The number of cyclic esters (lactones) is 1. The third-order valence-electron chi connectivity index (χ3n) is 16.3. The van der Waals surface area contributed by atoms with E-state index in [1.807, 2.05) is 0 Å². The number of methoxy groups -OCH3 is 1. The predicted molar refractivity (Wildman–Crippen MR) is 203 cm³/mol. The maximum atomic E-state index is 13.3. The van der Waals surface area contributed by atoms with Gasteiger partial charge in [-0.1, -0.05) is 6.92 Å². The number of esters is 1. The maximum Gasteiger partial charge on any atom is 0.331 e. The zero-order chi connectivity index (χ0) is 43.8. The quantitative estimate of drug-likeness (QED) is 0.0622. The van der Waals surface area contributed by atoms with Crippen molar-refractivity contribution in [2.75, 3.05) is 26.9 Å². The van der Waals surface area contributed by atoms with Crippen molar-refractivity contribution < 1.29 is 93.4 Å². The number of hydrogen-bond acceptors (Lipinski definition) is 19. The second-order valence-corrected chi connectivity index (χ2v) is 19.1. The normalized spacial score (nSPS) is 53.6. The van der Waals surface area contributed by atoms with E-state index in [0.29, 0.717) is 44.9 Å². The van der Waals surface area contributed by atoms with Crippen molar-refractivity contribution in [1.29, 1.82) is 0 Å². The Bertz CT molecular complexity index is 1630. The molecule has 9 N–H and O–H groups in total. The van der Waals surface area contributed by atoms with Crippen molar-refractivity contribution in [2.45, 2.75) is 181 Å². The molecule has 0 unspecified atom stereocenters. The van der Waals surface area contributed by atoms with Crippen LogP contribution in [0, 0.1) is 28.6 Å². The maximum absolute atomic E-state index is 13.3. The lowest BCUT2D eigenvalue weighted by Crippen LogP contribution is -2.69. The van der Waals surface area contributed by atoms with Crippen molar-refractivity contribution in [2.24, 2.45) is 28.6 Å². The summed E-state index contributed by atoms with van der Waals surface area (Å²) < 4.78 is 46.9. The molecule has 7 fully saturated rings. The van der Waals surface area contributed by atoms with E-state index >= 15 is 0 Å². The average Bonchev–Trinajstić information content (AvgIpc) is 3.79. The van der Waals surface area contributed by atoms with Crippen LogP contribution < -0.4 is 0 Å². The fourth-order valence-electron chi connectivity index (χ4n) is 13.0. The predicted octanol–water partition coefficient (Wildman–Crippen LogP) is -1.92. The summed E-state index contributed by atoms with van der Waals surface area (Å²) in [5, 5.41) is 97.8. The van der Waals surface area contributed by atoms with Crippen LogP contribution in [0.1, 0.15) is 78.1 Å². The standard InChI is InChI=1S/C42H64O19/c1-19-35(60-38-34(51)32(49)36(27(16-44)59-38)61-37-33(50)31(48)30(47)26(15-43)58-37)25(54-3)13-29(56-19)57-21-4-9-40(18-45)23-5-8-39(2)22(20-12-28(46)55-17-20)7-11-42(39,53)24(23)6-10-41(40,52)14-21/h12,18-19,21-27,29-38,43-44,47-53H,4-11,13-17H2,1-3H3/t19-,21+,22-,23+,24-,25+,26-,27+,29+,30-,31+,32+,33-,34+,35-,36+,37+,38-,39-,40+,41+,42+/m1/s1. The molecule has 4 heterocycles. The van der Waals surface area contributed by atoms with Crippen LogP contribution in [0.5, 0.6) is 0 Å². The minimum absolute atomic E-state index is 0.00485. The minimum Gasteiger partial charge on any atom is -0.458 e. The van der Waals surface area contributed by atoms with Crippen LogP contribution in [0.15, 0.2) is 11.6 Å². The average molecular weight is 873 g/mol. The van der Waals surface area contributed by atoms with E-state index < -0.39 is 127 Å². The molecule has 8 aliphatic rings. The number of rotatable bonds is 11. The summed E-state index contributed by atoms with van der Waals surface area (Å²) in [7, 11) is 1.47. The zero-order valence-electron chi connectivity index (χ0n) is 34.8.